The number of hydrogen-bond donors (Lipinski definition) is 1. The summed E-state index contributed by atoms with van der Waals surface area (Å²) in [5.41, 5.74) is 0. The molecule has 0 radical (unpaired) electrons. The first kappa shape index (κ1) is 16.1. The van der Waals surface area contributed by atoms with Crippen LogP contribution in [0.2, 0.25) is 0 Å². The summed E-state index contributed by atoms with van der Waals surface area (Å²) < 4.78 is 39.8. The molecule has 0 spiro atoms. The summed E-state index contributed by atoms with van der Waals surface area (Å²) in [6.45, 7) is 2.92. The molecule has 2 aliphatic carbocycles. The first-order chi connectivity index (χ1) is 9.52. The predicted octanol–water partition coefficient (Wildman–Crippen LogP) is 4.91. The van der Waals surface area contributed by atoms with Crippen molar-refractivity contribution in [1.82, 2.24) is 5.32 Å². The first-order valence-electron chi connectivity index (χ1n) is 8.32. The Bertz CT molecular complexity index is 286. The van der Waals surface area contributed by atoms with Gasteiger partial charge in [0, 0.05) is 6.04 Å². The van der Waals surface area contributed by atoms with E-state index in [1.807, 2.05) is 0 Å². The van der Waals surface area contributed by atoms with Crippen LogP contribution in [0.25, 0.3) is 0 Å². The summed E-state index contributed by atoms with van der Waals surface area (Å²) >= 11 is 0. The third-order valence-corrected chi connectivity index (χ3v) is 5.00. The van der Waals surface area contributed by atoms with E-state index in [0.717, 1.165) is 51.0 Å². The van der Waals surface area contributed by atoms with Gasteiger partial charge in [0.05, 0.1) is 5.92 Å². The fraction of sp³-hybridized carbons (Fsp3) is 1.00. The molecular weight excluding hydrogens is 263 g/mol. The fourth-order valence-electron chi connectivity index (χ4n) is 3.67. The molecule has 2 saturated carbocycles. The van der Waals surface area contributed by atoms with E-state index < -0.39 is 12.1 Å². The molecule has 0 bridgehead atoms. The average Bonchev–Trinajstić information content (AvgIpc) is 3.22. The molecule has 2 aliphatic rings. The summed E-state index contributed by atoms with van der Waals surface area (Å²) in [5.74, 6) is -0.479. The average molecular weight is 291 g/mol. The Balaban J connectivity index is 1.98. The lowest BCUT2D eigenvalue weighted by Gasteiger charge is -2.38. The van der Waals surface area contributed by atoms with Gasteiger partial charge in [-0.25, -0.2) is 0 Å². The highest BCUT2D eigenvalue weighted by Crippen LogP contribution is 2.44. The second kappa shape index (κ2) is 7.15. The van der Waals surface area contributed by atoms with Crippen LogP contribution >= 0.6 is 0 Å². The van der Waals surface area contributed by atoms with Crippen molar-refractivity contribution in [3.63, 3.8) is 0 Å². The van der Waals surface area contributed by atoms with Crippen molar-refractivity contribution in [2.24, 2.45) is 17.8 Å². The Morgan fingerprint density at radius 2 is 1.80 bits per heavy atom. The van der Waals surface area contributed by atoms with Gasteiger partial charge in [0.2, 0.25) is 0 Å². The highest BCUT2D eigenvalue weighted by Gasteiger charge is 2.47. The molecular formula is C16H28F3N. The van der Waals surface area contributed by atoms with E-state index in [4.69, 9.17) is 0 Å². The minimum Gasteiger partial charge on any atom is -0.314 e. The second-order valence-electron chi connectivity index (χ2n) is 6.68. The fourth-order valence-corrected chi connectivity index (χ4v) is 3.67. The lowest BCUT2D eigenvalue weighted by atomic mass is 9.73. The van der Waals surface area contributed by atoms with Crippen molar-refractivity contribution in [2.45, 2.75) is 76.9 Å². The van der Waals surface area contributed by atoms with Crippen LogP contribution in [-0.2, 0) is 0 Å². The van der Waals surface area contributed by atoms with Crippen molar-refractivity contribution >= 4 is 0 Å². The zero-order valence-electron chi connectivity index (χ0n) is 12.5. The van der Waals surface area contributed by atoms with Gasteiger partial charge in [-0.2, -0.15) is 13.2 Å². The van der Waals surface area contributed by atoms with E-state index in [1.54, 1.807) is 0 Å². The molecule has 0 aromatic carbocycles. The Morgan fingerprint density at radius 1 is 1.10 bits per heavy atom. The van der Waals surface area contributed by atoms with Crippen LogP contribution in [0.5, 0.6) is 0 Å². The highest BCUT2D eigenvalue weighted by atomic mass is 19.4. The van der Waals surface area contributed by atoms with E-state index in [2.05, 4.69) is 12.2 Å². The lowest BCUT2D eigenvalue weighted by Crippen LogP contribution is -2.46. The normalized spacial score (nSPS) is 29.4. The summed E-state index contributed by atoms with van der Waals surface area (Å²) in [5, 5.41) is 3.42. The molecule has 20 heavy (non-hydrogen) atoms. The first-order valence-corrected chi connectivity index (χ1v) is 8.32. The largest absolute Gasteiger partial charge is 0.392 e. The SMILES string of the molecule is CCCNC(CCC1CC1)C1CCCCC1C(F)(F)F. The van der Waals surface area contributed by atoms with Crippen molar-refractivity contribution in [3.05, 3.63) is 0 Å². The topological polar surface area (TPSA) is 12.0 Å². The van der Waals surface area contributed by atoms with Gasteiger partial charge in [-0.05, 0) is 50.5 Å². The van der Waals surface area contributed by atoms with Gasteiger partial charge in [-0.3, -0.25) is 0 Å². The predicted molar refractivity (Wildman–Crippen MR) is 75.5 cm³/mol. The maximum atomic E-state index is 13.3. The zero-order valence-corrected chi connectivity index (χ0v) is 12.5. The van der Waals surface area contributed by atoms with E-state index in [-0.39, 0.29) is 12.0 Å². The van der Waals surface area contributed by atoms with Gasteiger partial charge in [-0.1, -0.05) is 32.6 Å². The Morgan fingerprint density at radius 3 is 2.40 bits per heavy atom. The summed E-state index contributed by atoms with van der Waals surface area (Å²) in [4.78, 5) is 0. The van der Waals surface area contributed by atoms with Crippen molar-refractivity contribution in [3.8, 4) is 0 Å². The van der Waals surface area contributed by atoms with Gasteiger partial charge < -0.3 is 5.32 Å². The van der Waals surface area contributed by atoms with Gasteiger partial charge in [0.1, 0.15) is 0 Å². The van der Waals surface area contributed by atoms with Crippen molar-refractivity contribution < 1.29 is 13.2 Å². The van der Waals surface area contributed by atoms with Crippen LogP contribution in [-0.4, -0.2) is 18.8 Å². The number of halogens is 3. The summed E-state index contributed by atoms with van der Waals surface area (Å²) in [6, 6.07) is 0.0717. The van der Waals surface area contributed by atoms with Crippen molar-refractivity contribution in [1.29, 1.82) is 0 Å². The Labute approximate surface area is 120 Å². The van der Waals surface area contributed by atoms with Gasteiger partial charge in [0.15, 0.2) is 0 Å². The highest BCUT2D eigenvalue weighted by molar-refractivity contribution is 4.89. The maximum Gasteiger partial charge on any atom is 0.392 e. The summed E-state index contributed by atoms with van der Waals surface area (Å²) in [6.07, 6.45) is 4.37. The van der Waals surface area contributed by atoms with Gasteiger partial charge in [-0.15, -0.1) is 0 Å². The molecule has 2 fully saturated rings. The number of alkyl halides is 3. The number of hydrogen-bond acceptors (Lipinski definition) is 1. The van der Waals surface area contributed by atoms with E-state index in [1.165, 1.54) is 12.8 Å². The lowest BCUT2D eigenvalue weighted by molar-refractivity contribution is -0.199. The van der Waals surface area contributed by atoms with Gasteiger partial charge in [0.25, 0.3) is 0 Å². The molecule has 1 N–H and O–H groups in total. The van der Waals surface area contributed by atoms with Crippen molar-refractivity contribution in [2.75, 3.05) is 6.54 Å². The molecule has 0 amide bonds. The molecule has 0 saturated heterocycles. The molecule has 4 heteroatoms. The van der Waals surface area contributed by atoms with Crippen LogP contribution in [0.3, 0.4) is 0 Å². The molecule has 0 aromatic rings. The molecule has 3 unspecified atom stereocenters. The third kappa shape index (κ3) is 4.64. The van der Waals surface area contributed by atoms with Crippen LogP contribution < -0.4 is 5.32 Å². The molecule has 2 rings (SSSR count). The molecule has 1 nitrogen and oxygen atoms in total. The van der Waals surface area contributed by atoms with Crippen LogP contribution in [0.15, 0.2) is 0 Å². The summed E-state index contributed by atoms with van der Waals surface area (Å²) in [7, 11) is 0. The zero-order chi connectivity index (χ0) is 14.6. The number of nitrogens with one attached hydrogen (secondary N) is 1. The van der Waals surface area contributed by atoms with Crippen LogP contribution in [0.4, 0.5) is 13.2 Å². The molecule has 0 aromatic heterocycles. The van der Waals surface area contributed by atoms with Crippen LogP contribution in [0, 0.1) is 17.8 Å². The quantitative estimate of drug-likeness (QED) is 0.702. The third-order valence-electron chi connectivity index (χ3n) is 5.00. The monoisotopic (exact) mass is 291 g/mol. The molecule has 0 heterocycles. The van der Waals surface area contributed by atoms with E-state index in [0.29, 0.717) is 6.42 Å². The standard InChI is InChI=1S/C16H28F3N/c1-2-11-20-15(10-9-12-7-8-12)13-5-3-4-6-14(13)16(17,18)19/h12-15,20H,2-11H2,1H3. The Hall–Kier alpha value is -0.250. The molecule has 0 aliphatic heterocycles. The molecule has 3 atom stereocenters. The number of rotatable bonds is 7. The Kier molecular flexibility index (Phi) is 5.76. The minimum absolute atomic E-state index is 0.0717. The van der Waals surface area contributed by atoms with Crippen LogP contribution in [0.1, 0.15) is 64.7 Å². The van der Waals surface area contributed by atoms with Gasteiger partial charge >= 0.3 is 6.18 Å². The molecule has 118 valence electrons. The minimum atomic E-state index is -4.02. The smallest absolute Gasteiger partial charge is 0.314 e. The maximum absolute atomic E-state index is 13.3. The van der Waals surface area contributed by atoms with E-state index >= 15 is 0 Å². The second-order valence-corrected chi connectivity index (χ2v) is 6.68. The van der Waals surface area contributed by atoms with E-state index in [9.17, 15) is 13.2 Å².